The molecule has 0 saturated heterocycles. The van der Waals surface area contributed by atoms with E-state index < -0.39 is 0 Å². The van der Waals surface area contributed by atoms with E-state index in [0.29, 0.717) is 16.7 Å². The van der Waals surface area contributed by atoms with Crippen molar-refractivity contribution in [3.8, 4) is 11.4 Å². The lowest BCUT2D eigenvalue weighted by atomic mass is 10.2. The molecule has 0 radical (unpaired) electrons. The largest absolute Gasteiger partial charge is 0.335 e. The minimum atomic E-state index is 0.652. The number of anilines is 2. The number of benzene rings is 1. The zero-order valence-corrected chi connectivity index (χ0v) is 12.7. The van der Waals surface area contributed by atoms with Crippen LogP contribution in [-0.4, -0.2) is 19.9 Å². The van der Waals surface area contributed by atoms with Crippen LogP contribution in [0.2, 0.25) is 5.02 Å². The lowest BCUT2D eigenvalue weighted by molar-refractivity contribution is 1.26. The molecule has 0 bridgehead atoms. The normalized spacial score (nSPS) is 10.8. The second-order valence-electron chi connectivity index (χ2n) is 4.96. The number of nitrogens with one attached hydrogen (secondary N) is 2. The number of pyridine rings is 2. The lowest BCUT2D eigenvalue weighted by Crippen LogP contribution is -1.96. The first kappa shape index (κ1) is 13.7. The van der Waals surface area contributed by atoms with Crippen LogP contribution in [0.15, 0.2) is 60.9 Å². The van der Waals surface area contributed by atoms with Crippen LogP contribution in [0.1, 0.15) is 0 Å². The first-order valence-electron chi connectivity index (χ1n) is 7.09. The number of hydrogen-bond donors (Lipinski definition) is 2. The molecule has 0 aliphatic rings. The Bertz CT molecular complexity index is 965. The smallest absolute Gasteiger partial charge is 0.157 e. The van der Waals surface area contributed by atoms with Crippen LogP contribution >= 0.6 is 11.6 Å². The van der Waals surface area contributed by atoms with Crippen LogP contribution in [0.25, 0.3) is 22.4 Å². The fourth-order valence-corrected chi connectivity index (χ4v) is 2.59. The number of aromatic amines is 1. The summed E-state index contributed by atoms with van der Waals surface area (Å²) in [6.45, 7) is 0. The van der Waals surface area contributed by atoms with Crippen LogP contribution in [0.4, 0.5) is 11.6 Å². The summed E-state index contributed by atoms with van der Waals surface area (Å²) < 4.78 is 0. The van der Waals surface area contributed by atoms with Crippen molar-refractivity contribution in [2.24, 2.45) is 0 Å². The standard InChI is InChI=1S/C17H12ClN5/c18-12-6-2-1-5-11(12)16-21-13-8-10-20-17(15(13)23-16)22-14-7-3-4-9-19-14/h1-10H,(H,21,23)(H,19,20,22). The van der Waals surface area contributed by atoms with Gasteiger partial charge in [0.2, 0.25) is 0 Å². The van der Waals surface area contributed by atoms with E-state index in [1.54, 1.807) is 12.4 Å². The van der Waals surface area contributed by atoms with E-state index in [9.17, 15) is 0 Å². The van der Waals surface area contributed by atoms with E-state index in [2.05, 4.69) is 25.3 Å². The highest BCUT2D eigenvalue weighted by Crippen LogP contribution is 2.29. The maximum Gasteiger partial charge on any atom is 0.157 e. The van der Waals surface area contributed by atoms with Crippen molar-refractivity contribution >= 4 is 34.3 Å². The third-order valence-corrected chi connectivity index (χ3v) is 3.77. The van der Waals surface area contributed by atoms with Gasteiger partial charge >= 0.3 is 0 Å². The zero-order chi connectivity index (χ0) is 15.6. The van der Waals surface area contributed by atoms with Gasteiger partial charge < -0.3 is 10.3 Å². The van der Waals surface area contributed by atoms with Crippen LogP contribution < -0.4 is 5.32 Å². The molecule has 0 fully saturated rings. The van der Waals surface area contributed by atoms with Crippen molar-refractivity contribution in [1.82, 2.24) is 19.9 Å². The molecule has 0 aliphatic heterocycles. The Balaban J connectivity index is 1.80. The minimum Gasteiger partial charge on any atom is -0.335 e. The minimum absolute atomic E-state index is 0.652. The molecular weight excluding hydrogens is 310 g/mol. The molecule has 6 heteroatoms. The van der Waals surface area contributed by atoms with E-state index in [-0.39, 0.29) is 0 Å². The Morgan fingerprint density at radius 1 is 0.913 bits per heavy atom. The average molecular weight is 322 g/mol. The van der Waals surface area contributed by atoms with Gasteiger partial charge in [-0.3, -0.25) is 0 Å². The van der Waals surface area contributed by atoms with Crippen molar-refractivity contribution in [2.45, 2.75) is 0 Å². The van der Waals surface area contributed by atoms with Gasteiger partial charge in [-0.2, -0.15) is 0 Å². The zero-order valence-electron chi connectivity index (χ0n) is 12.0. The van der Waals surface area contributed by atoms with Gasteiger partial charge in [0, 0.05) is 18.0 Å². The number of imidazole rings is 1. The van der Waals surface area contributed by atoms with Crippen molar-refractivity contribution in [1.29, 1.82) is 0 Å². The van der Waals surface area contributed by atoms with Gasteiger partial charge in [-0.1, -0.05) is 29.8 Å². The molecule has 3 heterocycles. The molecular formula is C17H12ClN5. The van der Waals surface area contributed by atoms with Gasteiger partial charge in [-0.25, -0.2) is 15.0 Å². The van der Waals surface area contributed by atoms with Crippen molar-refractivity contribution in [3.63, 3.8) is 0 Å². The number of fused-ring (bicyclic) bond motifs is 1. The lowest BCUT2D eigenvalue weighted by Gasteiger charge is -2.04. The van der Waals surface area contributed by atoms with Gasteiger partial charge in [0.1, 0.15) is 17.2 Å². The fourth-order valence-electron chi connectivity index (χ4n) is 2.37. The summed E-state index contributed by atoms with van der Waals surface area (Å²) in [7, 11) is 0. The Hall–Kier alpha value is -2.92. The van der Waals surface area contributed by atoms with Crippen LogP contribution in [0.5, 0.6) is 0 Å². The topological polar surface area (TPSA) is 66.5 Å². The summed E-state index contributed by atoms with van der Waals surface area (Å²) in [5.41, 5.74) is 2.48. The average Bonchev–Trinajstić information content (AvgIpc) is 3.01. The van der Waals surface area contributed by atoms with E-state index >= 15 is 0 Å². The molecule has 23 heavy (non-hydrogen) atoms. The van der Waals surface area contributed by atoms with Crippen LogP contribution in [-0.2, 0) is 0 Å². The summed E-state index contributed by atoms with van der Waals surface area (Å²) in [5.74, 6) is 2.11. The molecule has 0 unspecified atom stereocenters. The van der Waals surface area contributed by atoms with Crippen molar-refractivity contribution in [3.05, 3.63) is 65.9 Å². The number of rotatable bonds is 3. The van der Waals surface area contributed by atoms with E-state index in [1.807, 2.05) is 48.5 Å². The van der Waals surface area contributed by atoms with E-state index in [0.717, 1.165) is 22.4 Å². The fraction of sp³-hybridized carbons (Fsp3) is 0. The molecule has 112 valence electrons. The van der Waals surface area contributed by atoms with Crippen molar-refractivity contribution in [2.75, 3.05) is 5.32 Å². The Kier molecular flexibility index (Phi) is 3.40. The van der Waals surface area contributed by atoms with E-state index in [1.165, 1.54) is 0 Å². The van der Waals surface area contributed by atoms with Gasteiger partial charge in [-0.15, -0.1) is 0 Å². The quantitative estimate of drug-likeness (QED) is 0.586. The SMILES string of the molecule is Clc1ccccc1-c1nc2ccnc(Nc3ccccn3)c2[nH]1. The van der Waals surface area contributed by atoms with E-state index in [4.69, 9.17) is 11.6 Å². The third kappa shape index (κ3) is 2.62. The maximum atomic E-state index is 6.25. The summed E-state index contributed by atoms with van der Waals surface area (Å²) >= 11 is 6.25. The summed E-state index contributed by atoms with van der Waals surface area (Å²) in [4.78, 5) is 16.5. The molecule has 3 aromatic heterocycles. The first-order chi connectivity index (χ1) is 11.3. The molecule has 0 aliphatic carbocycles. The monoisotopic (exact) mass is 321 g/mol. The van der Waals surface area contributed by atoms with Gasteiger partial charge in [0.25, 0.3) is 0 Å². The van der Waals surface area contributed by atoms with Crippen LogP contribution in [0, 0.1) is 0 Å². The van der Waals surface area contributed by atoms with Crippen LogP contribution in [0.3, 0.4) is 0 Å². The number of halogens is 1. The Labute approximate surface area is 137 Å². The first-order valence-corrected chi connectivity index (χ1v) is 7.47. The molecule has 1 aromatic carbocycles. The molecule has 2 N–H and O–H groups in total. The second kappa shape index (κ2) is 5.70. The highest BCUT2D eigenvalue weighted by molar-refractivity contribution is 6.33. The van der Waals surface area contributed by atoms with Gasteiger partial charge in [0.05, 0.1) is 10.5 Å². The molecule has 4 rings (SSSR count). The van der Waals surface area contributed by atoms with Crippen molar-refractivity contribution < 1.29 is 0 Å². The second-order valence-corrected chi connectivity index (χ2v) is 5.37. The number of nitrogens with zero attached hydrogens (tertiary/aromatic N) is 3. The predicted octanol–water partition coefficient (Wildman–Crippen LogP) is 4.42. The third-order valence-electron chi connectivity index (χ3n) is 3.44. The maximum absolute atomic E-state index is 6.25. The number of aromatic nitrogens is 4. The molecule has 4 aromatic rings. The predicted molar refractivity (Wildman–Crippen MR) is 91.9 cm³/mol. The summed E-state index contributed by atoms with van der Waals surface area (Å²) in [6.07, 6.45) is 3.44. The molecule has 5 nitrogen and oxygen atoms in total. The summed E-state index contributed by atoms with van der Waals surface area (Å²) in [6, 6.07) is 15.1. The highest BCUT2D eigenvalue weighted by Gasteiger charge is 2.12. The number of H-pyrrole nitrogens is 1. The molecule has 0 saturated carbocycles. The Morgan fingerprint density at radius 2 is 1.78 bits per heavy atom. The Morgan fingerprint density at radius 3 is 2.61 bits per heavy atom. The molecule has 0 spiro atoms. The summed E-state index contributed by atoms with van der Waals surface area (Å²) in [5, 5.41) is 3.85. The molecule has 0 amide bonds. The highest BCUT2D eigenvalue weighted by atomic mass is 35.5. The molecule has 0 atom stereocenters. The number of hydrogen-bond acceptors (Lipinski definition) is 4. The van der Waals surface area contributed by atoms with Gasteiger partial charge in [-0.05, 0) is 30.3 Å². The van der Waals surface area contributed by atoms with Gasteiger partial charge in [0.15, 0.2) is 5.82 Å².